The lowest BCUT2D eigenvalue weighted by molar-refractivity contribution is -0.168. The first kappa shape index (κ1) is 31.0. The Balaban J connectivity index is 2.96. The molecule has 0 heterocycles. The van der Waals surface area contributed by atoms with Crippen LogP contribution in [-0.2, 0) is 23.9 Å². The van der Waals surface area contributed by atoms with E-state index in [0.717, 1.165) is 5.56 Å². The smallest absolute Gasteiger partial charge is 0.304 e. The number of Topliss-reactive ketones (excluding diaryl/α,β-unsaturated/α-hetero) is 2. The van der Waals surface area contributed by atoms with Crippen LogP contribution in [0.25, 0.3) is 0 Å². The summed E-state index contributed by atoms with van der Waals surface area (Å²) in [6.45, 7) is 19.0. The van der Waals surface area contributed by atoms with Gasteiger partial charge in [-0.05, 0) is 53.0 Å². The predicted molar refractivity (Wildman–Crippen MR) is 138 cm³/mol. The minimum atomic E-state index is -0.980. The van der Waals surface area contributed by atoms with Crippen LogP contribution in [0.15, 0.2) is 30.3 Å². The SMILES string of the molecule is CC(C)(C)OC(C(=O)C(C)(C)C(C)(C)OCCCC(CC(=O)O)C(=O)C(C)(C)C)c1ccccc1. The first-order valence-electron chi connectivity index (χ1n) is 12.5. The molecule has 1 aromatic carbocycles. The lowest BCUT2D eigenvalue weighted by Gasteiger charge is -2.43. The zero-order valence-corrected chi connectivity index (χ0v) is 23.4. The molecule has 1 rings (SSSR count). The van der Waals surface area contributed by atoms with Crippen LogP contribution in [0.5, 0.6) is 0 Å². The molecule has 1 aromatic rings. The highest BCUT2D eigenvalue weighted by atomic mass is 16.5. The normalized spacial score (nSPS) is 14.9. The molecular formula is C29H46O6. The Morgan fingerprint density at radius 3 is 1.86 bits per heavy atom. The van der Waals surface area contributed by atoms with Crippen LogP contribution in [0.4, 0.5) is 0 Å². The van der Waals surface area contributed by atoms with E-state index in [0.29, 0.717) is 19.4 Å². The molecule has 0 aliphatic rings. The fraction of sp³-hybridized carbons (Fsp3) is 0.690. The summed E-state index contributed by atoms with van der Waals surface area (Å²) in [6.07, 6.45) is 0.0195. The number of benzene rings is 1. The van der Waals surface area contributed by atoms with E-state index in [1.54, 1.807) is 20.8 Å². The van der Waals surface area contributed by atoms with E-state index < -0.39 is 40.0 Å². The van der Waals surface area contributed by atoms with Crippen LogP contribution in [0.2, 0.25) is 0 Å². The molecule has 0 amide bonds. The molecule has 0 saturated carbocycles. The van der Waals surface area contributed by atoms with Gasteiger partial charge in [-0.3, -0.25) is 14.4 Å². The van der Waals surface area contributed by atoms with Crippen LogP contribution in [0, 0.1) is 16.7 Å². The molecule has 0 spiro atoms. The van der Waals surface area contributed by atoms with Gasteiger partial charge in [0.05, 0.1) is 23.0 Å². The van der Waals surface area contributed by atoms with Gasteiger partial charge in [0.15, 0.2) is 5.78 Å². The molecule has 2 atom stereocenters. The highest BCUT2D eigenvalue weighted by molar-refractivity contribution is 5.90. The minimum Gasteiger partial charge on any atom is -0.481 e. The maximum Gasteiger partial charge on any atom is 0.304 e. The zero-order chi connectivity index (χ0) is 27.2. The number of aliphatic carboxylic acids is 1. The van der Waals surface area contributed by atoms with Crippen molar-refractivity contribution in [2.45, 2.75) is 106 Å². The van der Waals surface area contributed by atoms with Gasteiger partial charge in [-0.2, -0.15) is 0 Å². The third kappa shape index (κ3) is 9.16. The molecule has 0 aromatic heterocycles. The molecule has 6 nitrogen and oxygen atoms in total. The molecule has 0 aliphatic heterocycles. The quantitative estimate of drug-likeness (QED) is 0.321. The highest BCUT2D eigenvalue weighted by Gasteiger charge is 2.48. The first-order chi connectivity index (χ1) is 15.8. The van der Waals surface area contributed by atoms with Gasteiger partial charge in [0.1, 0.15) is 11.9 Å². The minimum absolute atomic E-state index is 0.0558. The average Bonchev–Trinajstić information content (AvgIpc) is 2.72. The maximum atomic E-state index is 13.8. The molecule has 0 saturated heterocycles. The van der Waals surface area contributed by atoms with Gasteiger partial charge in [0.2, 0.25) is 0 Å². The van der Waals surface area contributed by atoms with Crippen molar-refractivity contribution in [2.75, 3.05) is 6.61 Å². The Morgan fingerprint density at radius 1 is 0.857 bits per heavy atom. The van der Waals surface area contributed by atoms with Crippen molar-refractivity contribution in [1.29, 1.82) is 0 Å². The third-order valence-corrected chi connectivity index (χ3v) is 6.62. The van der Waals surface area contributed by atoms with E-state index in [1.807, 2.05) is 78.8 Å². The highest BCUT2D eigenvalue weighted by Crippen LogP contribution is 2.41. The number of hydrogen-bond acceptors (Lipinski definition) is 5. The average molecular weight is 491 g/mol. The van der Waals surface area contributed by atoms with Gasteiger partial charge in [-0.25, -0.2) is 0 Å². The van der Waals surface area contributed by atoms with E-state index in [1.165, 1.54) is 0 Å². The summed E-state index contributed by atoms with van der Waals surface area (Å²) in [5.74, 6) is -1.67. The number of ether oxygens (including phenoxy) is 2. The molecule has 35 heavy (non-hydrogen) atoms. The number of ketones is 2. The standard InChI is InChI=1S/C29H46O6/c1-26(2,3)24(32)21(19-22(30)31)17-14-18-34-29(9,10)28(7,8)25(33)23(35-27(4,5)6)20-15-12-11-13-16-20/h11-13,15-16,21,23H,14,17-19H2,1-10H3,(H,30,31). The van der Waals surface area contributed by atoms with Gasteiger partial charge >= 0.3 is 5.97 Å². The summed E-state index contributed by atoms with van der Waals surface area (Å²) in [5, 5.41) is 9.25. The number of carbonyl (C=O) groups excluding carboxylic acids is 2. The number of carbonyl (C=O) groups is 3. The van der Waals surface area contributed by atoms with Crippen LogP contribution in [0.1, 0.15) is 100 Å². The Bertz CT molecular complexity index is 855. The molecule has 6 heteroatoms. The van der Waals surface area contributed by atoms with E-state index in [9.17, 15) is 19.5 Å². The first-order valence-corrected chi connectivity index (χ1v) is 12.5. The van der Waals surface area contributed by atoms with Gasteiger partial charge in [-0.1, -0.05) is 65.0 Å². The van der Waals surface area contributed by atoms with E-state index in [4.69, 9.17) is 9.47 Å². The van der Waals surface area contributed by atoms with Crippen molar-refractivity contribution in [2.24, 2.45) is 16.7 Å². The van der Waals surface area contributed by atoms with Gasteiger partial charge < -0.3 is 14.6 Å². The topological polar surface area (TPSA) is 89.9 Å². The second-order valence-corrected chi connectivity index (χ2v) is 12.4. The lowest BCUT2D eigenvalue weighted by atomic mass is 9.71. The summed E-state index contributed by atoms with van der Waals surface area (Å²) in [4.78, 5) is 37.8. The van der Waals surface area contributed by atoms with Crippen molar-refractivity contribution in [3.63, 3.8) is 0 Å². The number of hydrogen-bond donors (Lipinski definition) is 1. The van der Waals surface area contributed by atoms with Gasteiger partial charge in [-0.15, -0.1) is 0 Å². The van der Waals surface area contributed by atoms with Crippen molar-refractivity contribution in [3.05, 3.63) is 35.9 Å². The Labute approximate surface area is 211 Å². The molecule has 0 aliphatic carbocycles. The van der Waals surface area contributed by atoms with E-state index in [2.05, 4.69) is 0 Å². The van der Waals surface area contributed by atoms with Crippen molar-refractivity contribution < 1.29 is 29.0 Å². The Morgan fingerprint density at radius 2 is 1.40 bits per heavy atom. The van der Waals surface area contributed by atoms with Crippen LogP contribution in [-0.4, -0.2) is 40.5 Å². The fourth-order valence-electron chi connectivity index (χ4n) is 3.87. The number of rotatable bonds is 13. The van der Waals surface area contributed by atoms with Gasteiger partial charge in [0, 0.05) is 17.9 Å². The number of carboxylic acids is 1. The maximum absolute atomic E-state index is 13.8. The van der Waals surface area contributed by atoms with Crippen molar-refractivity contribution in [1.82, 2.24) is 0 Å². The van der Waals surface area contributed by atoms with Crippen LogP contribution in [0.3, 0.4) is 0 Å². The molecule has 198 valence electrons. The van der Waals surface area contributed by atoms with E-state index in [-0.39, 0.29) is 18.0 Å². The van der Waals surface area contributed by atoms with Crippen molar-refractivity contribution >= 4 is 17.5 Å². The zero-order valence-electron chi connectivity index (χ0n) is 23.4. The van der Waals surface area contributed by atoms with Crippen LogP contribution >= 0.6 is 0 Å². The van der Waals surface area contributed by atoms with Crippen LogP contribution < -0.4 is 0 Å². The molecular weight excluding hydrogens is 444 g/mol. The molecule has 1 N–H and O–H groups in total. The predicted octanol–water partition coefficient (Wildman–Crippen LogP) is 6.42. The Hall–Kier alpha value is -2.05. The Kier molecular flexibility index (Phi) is 10.4. The molecule has 0 fully saturated rings. The molecule has 2 unspecified atom stereocenters. The van der Waals surface area contributed by atoms with E-state index >= 15 is 0 Å². The molecule has 0 radical (unpaired) electrons. The largest absolute Gasteiger partial charge is 0.481 e. The summed E-state index contributed by atoms with van der Waals surface area (Å²) < 4.78 is 12.4. The number of carboxylic acid groups (broad SMARTS) is 1. The monoisotopic (exact) mass is 490 g/mol. The summed E-state index contributed by atoms with van der Waals surface area (Å²) in [6, 6.07) is 9.48. The van der Waals surface area contributed by atoms with Crippen molar-refractivity contribution in [3.8, 4) is 0 Å². The lowest BCUT2D eigenvalue weighted by Crippen LogP contribution is -2.50. The fourth-order valence-corrected chi connectivity index (χ4v) is 3.87. The molecule has 0 bridgehead atoms. The summed E-state index contributed by atoms with van der Waals surface area (Å²) in [7, 11) is 0. The summed E-state index contributed by atoms with van der Waals surface area (Å²) >= 11 is 0. The summed E-state index contributed by atoms with van der Waals surface area (Å²) in [5.41, 5.74) is -2.03. The third-order valence-electron chi connectivity index (χ3n) is 6.62. The van der Waals surface area contributed by atoms with Gasteiger partial charge in [0.25, 0.3) is 0 Å². The second-order valence-electron chi connectivity index (χ2n) is 12.4. The second kappa shape index (κ2) is 11.8.